The molecule has 2 aliphatic rings. The van der Waals surface area contributed by atoms with Crippen LogP contribution in [0.2, 0.25) is 0 Å². The van der Waals surface area contributed by atoms with Gasteiger partial charge in [0.05, 0.1) is 11.7 Å². The number of amides is 1. The van der Waals surface area contributed by atoms with Crippen molar-refractivity contribution in [2.45, 2.75) is 45.2 Å². The van der Waals surface area contributed by atoms with Gasteiger partial charge < -0.3 is 15.0 Å². The Labute approximate surface area is 124 Å². The molecule has 0 aromatic carbocycles. The lowest BCUT2D eigenvalue weighted by Gasteiger charge is -2.40. The maximum absolute atomic E-state index is 11.5. The summed E-state index contributed by atoms with van der Waals surface area (Å²) in [4.78, 5) is 22.4. The van der Waals surface area contributed by atoms with Crippen molar-refractivity contribution < 1.29 is 9.53 Å². The van der Waals surface area contributed by atoms with Crippen molar-refractivity contribution in [3.63, 3.8) is 0 Å². The Kier molecular flexibility index (Phi) is 4.05. The van der Waals surface area contributed by atoms with Crippen LogP contribution in [0.5, 0.6) is 0 Å². The highest BCUT2D eigenvalue weighted by atomic mass is 16.5. The van der Waals surface area contributed by atoms with E-state index in [1.165, 1.54) is 0 Å². The number of carbonyl (C=O) groups excluding carboxylic acids is 1. The van der Waals surface area contributed by atoms with Crippen molar-refractivity contribution in [2.75, 3.05) is 25.1 Å². The molecule has 1 amide bonds. The van der Waals surface area contributed by atoms with E-state index in [-0.39, 0.29) is 11.9 Å². The molecule has 0 unspecified atom stereocenters. The van der Waals surface area contributed by atoms with E-state index in [0.29, 0.717) is 6.04 Å². The number of hydrogen-bond donors (Lipinski definition) is 1. The minimum Gasteiger partial charge on any atom is -0.381 e. The Morgan fingerprint density at radius 2 is 2.10 bits per heavy atom. The molecule has 0 aliphatic carbocycles. The van der Waals surface area contributed by atoms with Crippen molar-refractivity contribution in [3.8, 4) is 0 Å². The van der Waals surface area contributed by atoms with Crippen LogP contribution in [0, 0.1) is 6.92 Å². The summed E-state index contributed by atoms with van der Waals surface area (Å²) in [5.41, 5.74) is 0.943. The number of nitrogens with one attached hydrogen (secondary N) is 1. The smallest absolute Gasteiger partial charge is 0.220 e. The van der Waals surface area contributed by atoms with Gasteiger partial charge in [-0.05, 0) is 26.2 Å². The summed E-state index contributed by atoms with van der Waals surface area (Å²) in [6.07, 6.45) is 2.98. The molecule has 21 heavy (non-hydrogen) atoms. The number of nitrogens with zero attached hydrogens (tertiary/aromatic N) is 3. The summed E-state index contributed by atoms with van der Waals surface area (Å²) in [5, 5.41) is 3.47. The third-order valence-electron chi connectivity index (χ3n) is 4.20. The van der Waals surface area contributed by atoms with Crippen molar-refractivity contribution in [2.24, 2.45) is 0 Å². The van der Waals surface area contributed by atoms with Gasteiger partial charge in [0, 0.05) is 38.8 Å². The van der Waals surface area contributed by atoms with Crippen molar-refractivity contribution in [3.05, 3.63) is 17.6 Å². The second kappa shape index (κ2) is 5.97. The predicted molar refractivity (Wildman–Crippen MR) is 79.0 cm³/mol. The molecule has 2 aliphatic heterocycles. The first-order chi connectivity index (χ1) is 10.1. The maximum atomic E-state index is 11.5. The van der Waals surface area contributed by atoms with Crippen LogP contribution in [0.25, 0.3) is 0 Å². The van der Waals surface area contributed by atoms with Gasteiger partial charge in [0.2, 0.25) is 5.91 Å². The Hall–Kier alpha value is -1.69. The minimum absolute atomic E-state index is 0.111. The first kappa shape index (κ1) is 14.3. The summed E-state index contributed by atoms with van der Waals surface area (Å²) >= 11 is 0. The largest absolute Gasteiger partial charge is 0.381 e. The van der Waals surface area contributed by atoms with E-state index < -0.39 is 0 Å². The lowest BCUT2D eigenvalue weighted by atomic mass is 9.99. The van der Waals surface area contributed by atoms with Crippen LogP contribution in [0.4, 0.5) is 5.82 Å². The zero-order valence-corrected chi connectivity index (χ0v) is 12.6. The lowest BCUT2D eigenvalue weighted by molar-refractivity contribution is -0.136. The average molecular weight is 290 g/mol. The highest BCUT2D eigenvalue weighted by molar-refractivity contribution is 5.74. The van der Waals surface area contributed by atoms with Gasteiger partial charge in [-0.3, -0.25) is 4.79 Å². The summed E-state index contributed by atoms with van der Waals surface area (Å²) < 4.78 is 5.37. The van der Waals surface area contributed by atoms with E-state index in [1.807, 2.05) is 17.9 Å². The van der Waals surface area contributed by atoms with Gasteiger partial charge in [-0.15, -0.1) is 0 Å². The Bertz CT molecular complexity index is 528. The van der Waals surface area contributed by atoms with Gasteiger partial charge in [-0.1, -0.05) is 0 Å². The Morgan fingerprint density at radius 1 is 1.33 bits per heavy atom. The molecular weight excluding hydrogens is 268 g/mol. The molecule has 3 heterocycles. The number of anilines is 1. The normalized spacial score (nSPS) is 22.8. The first-order valence-corrected chi connectivity index (χ1v) is 7.60. The number of aromatic nitrogens is 2. The monoisotopic (exact) mass is 290 g/mol. The molecule has 3 rings (SSSR count). The van der Waals surface area contributed by atoms with E-state index in [4.69, 9.17) is 4.74 Å². The summed E-state index contributed by atoms with van der Waals surface area (Å²) in [6, 6.07) is 2.51. The van der Waals surface area contributed by atoms with Gasteiger partial charge in [0.15, 0.2) is 0 Å². The van der Waals surface area contributed by atoms with Gasteiger partial charge in [0.25, 0.3) is 0 Å². The molecular formula is C15H22N4O2. The molecule has 0 radical (unpaired) electrons. The summed E-state index contributed by atoms with van der Waals surface area (Å²) in [6.45, 7) is 5.94. The van der Waals surface area contributed by atoms with E-state index in [9.17, 15) is 4.79 Å². The Morgan fingerprint density at radius 3 is 2.71 bits per heavy atom. The third-order valence-corrected chi connectivity index (χ3v) is 4.20. The van der Waals surface area contributed by atoms with Crippen LogP contribution in [0.1, 0.15) is 43.7 Å². The average Bonchev–Trinajstić information content (AvgIpc) is 2.37. The maximum Gasteiger partial charge on any atom is 0.220 e. The highest BCUT2D eigenvalue weighted by Gasteiger charge is 2.32. The molecule has 2 saturated heterocycles. The summed E-state index contributed by atoms with van der Waals surface area (Å²) in [7, 11) is 0. The van der Waals surface area contributed by atoms with E-state index >= 15 is 0 Å². The fourth-order valence-electron chi connectivity index (χ4n) is 2.96. The molecule has 1 aromatic rings. The van der Waals surface area contributed by atoms with Gasteiger partial charge in [-0.2, -0.15) is 0 Å². The van der Waals surface area contributed by atoms with E-state index in [1.54, 1.807) is 6.92 Å². The SMILES string of the molecule is CC(=O)N1CC[C@H]1c1cc(NC2CCOCC2)nc(C)n1. The van der Waals surface area contributed by atoms with Gasteiger partial charge in [-0.25, -0.2) is 9.97 Å². The van der Waals surface area contributed by atoms with Crippen LogP contribution >= 0.6 is 0 Å². The van der Waals surface area contributed by atoms with Crippen LogP contribution in [0.3, 0.4) is 0 Å². The molecule has 0 spiro atoms. The number of carbonyl (C=O) groups is 1. The van der Waals surface area contributed by atoms with E-state index in [0.717, 1.165) is 56.4 Å². The molecule has 1 atom stereocenters. The molecule has 6 heteroatoms. The van der Waals surface area contributed by atoms with Crippen LogP contribution in [-0.2, 0) is 9.53 Å². The predicted octanol–water partition coefficient (Wildman–Crippen LogP) is 1.67. The van der Waals surface area contributed by atoms with Crippen molar-refractivity contribution >= 4 is 11.7 Å². The first-order valence-electron chi connectivity index (χ1n) is 7.60. The second-order valence-corrected chi connectivity index (χ2v) is 5.77. The Balaban J connectivity index is 1.74. The number of likely N-dealkylation sites (tertiary alicyclic amines) is 1. The quantitative estimate of drug-likeness (QED) is 0.917. The molecule has 114 valence electrons. The molecule has 2 fully saturated rings. The fourth-order valence-corrected chi connectivity index (χ4v) is 2.96. The summed E-state index contributed by atoms with van der Waals surface area (Å²) in [5.74, 6) is 1.72. The molecule has 0 bridgehead atoms. The standard InChI is InChI=1S/C15H22N4O2/c1-10-16-13(14-3-6-19(14)11(2)20)9-15(17-10)18-12-4-7-21-8-5-12/h9,12,14H,3-8H2,1-2H3,(H,16,17,18)/t14-/m0/s1. The topological polar surface area (TPSA) is 67.4 Å². The minimum atomic E-state index is 0.111. The number of hydrogen-bond acceptors (Lipinski definition) is 5. The van der Waals surface area contributed by atoms with Crippen LogP contribution in [0.15, 0.2) is 6.07 Å². The zero-order valence-electron chi connectivity index (χ0n) is 12.6. The van der Waals surface area contributed by atoms with Gasteiger partial charge >= 0.3 is 0 Å². The third kappa shape index (κ3) is 3.15. The molecule has 6 nitrogen and oxygen atoms in total. The van der Waals surface area contributed by atoms with E-state index in [2.05, 4.69) is 15.3 Å². The fraction of sp³-hybridized carbons (Fsp3) is 0.667. The molecule has 0 saturated carbocycles. The number of ether oxygens (including phenoxy) is 1. The van der Waals surface area contributed by atoms with Crippen LogP contribution in [-0.4, -0.2) is 46.6 Å². The van der Waals surface area contributed by atoms with Gasteiger partial charge in [0.1, 0.15) is 11.6 Å². The number of aryl methyl sites for hydroxylation is 1. The highest BCUT2D eigenvalue weighted by Crippen LogP contribution is 2.33. The zero-order chi connectivity index (χ0) is 14.8. The lowest BCUT2D eigenvalue weighted by Crippen LogP contribution is -2.44. The van der Waals surface area contributed by atoms with Crippen molar-refractivity contribution in [1.82, 2.24) is 14.9 Å². The second-order valence-electron chi connectivity index (χ2n) is 5.77. The molecule has 1 N–H and O–H groups in total. The molecule has 1 aromatic heterocycles. The van der Waals surface area contributed by atoms with Crippen molar-refractivity contribution in [1.29, 1.82) is 0 Å². The van der Waals surface area contributed by atoms with Crippen LogP contribution < -0.4 is 5.32 Å². The number of rotatable bonds is 3.